The van der Waals surface area contributed by atoms with Gasteiger partial charge in [0.05, 0.1) is 34.4 Å². The number of carbonyl (C=O) groups is 3. The largest absolute Gasteiger partial charge is 0.477 e. The topological polar surface area (TPSA) is 99.1 Å². The Labute approximate surface area is 370 Å². The molecule has 0 saturated carbocycles. The van der Waals surface area contributed by atoms with Gasteiger partial charge in [0.15, 0.2) is 12.1 Å². The number of likely N-dealkylation sites (N-methyl/N-ethyl adjacent to an activating group) is 1. The second kappa shape index (κ2) is 43.2. The highest BCUT2D eigenvalue weighted by molar-refractivity contribution is 5.72. The van der Waals surface area contributed by atoms with Crippen molar-refractivity contribution in [1.82, 2.24) is 0 Å². The van der Waals surface area contributed by atoms with Crippen LogP contribution in [0.2, 0.25) is 0 Å². The molecule has 0 aromatic carbocycles. The molecular formula is C52H96NO7+. The van der Waals surface area contributed by atoms with E-state index in [-0.39, 0.29) is 36.2 Å². The Morgan fingerprint density at radius 1 is 0.500 bits per heavy atom. The van der Waals surface area contributed by atoms with Crippen LogP contribution in [0.3, 0.4) is 0 Å². The smallest absolute Gasteiger partial charge is 0.362 e. The minimum Gasteiger partial charge on any atom is -0.477 e. The molecule has 0 heterocycles. The summed E-state index contributed by atoms with van der Waals surface area (Å²) in [6.45, 7) is 4.73. The summed E-state index contributed by atoms with van der Waals surface area (Å²) < 4.78 is 17.3. The third-order valence-electron chi connectivity index (χ3n) is 11.4. The van der Waals surface area contributed by atoms with Crippen molar-refractivity contribution >= 4 is 17.9 Å². The lowest BCUT2D eigenvalue weighted by atomic mass is 10.0. The quantitative estimate of drug-likeness (QED) is 0.0282. The molecule has 0 aromatic heterocycles. The summed E-state index contributed by atoms with van der Waals surface area (Å²) in [7, 11) is 5.53. The molecule has 0 aliphatic heterocycles. The second-order valence-corrected chi connectivity index (χ2v) is 18.1. The number of carboxylic acid groups (broad SMARTS) is 1. The number of ether oxygens (including phenoxy) is 3. The van der Waals surface area contributed by atoms with Crippen LogP contribution in [0.1, 0.15) is 226 Å². The zero-order chi connectivity index (χ0) is 44.2. The van der Waals surface area contributed by atoms with Gasteiger partial charge in [0, 0.05) is 19.3 Å². The van der Waals surface area contributed by atoms with E-state index in [0.717, 1.165) is 64.2 Å². The van der Waals surface area contributed by atoms with Gasteiger partial charge in [0.2, 0.25) is 0 Å². The molecule has 2 atom stereocenters. The lowest BCUT2D eigenvalue weighted by molar-refractivity contribution is -0.887. The highest BCUT2D eigenvalue weighted by atomic mass is 16.6. The summed E-state index contributed by atoms with van der Waals surface area (Å²) in [5.74, 6) is -1.48. The number of allylic oxidation sites excluding steroid dienone is 6. The minimum atomic E-state index is -0.877. The highest BCUT2D eigenvalue weighted by Gasteiger charge is 2.31. The Hall–Kier alpha value is -2.45. The van der Waals surface area contributed by atoms with Crippen molar-refractivity contribution < 1.29 is 38.2 Å². The van der Waals surface area contributed by atoms with Gasteiger partial charge in [-0.05, 0) is 38.5 Å². The Morgan fingerprint density at radius 3 is 1.28 bits per heavy atom. The van der Waals surface area contributed by atoms with Gasteiger partial charge in [0.25, 0.3) is 0 Å². The number of carboxylic acids is 1. The summed E-state index contributed by atoms with van der Waals surface area (Å²) >= 11 is 0. The van der Waals surface area contributed by atoms with Crippen LogP contribution in [0.25, 0.3) is 0 Å². The molecule has 60 heavy (non-hydrogen) atoms. The van der Waals surface area contributed by atoms with Crippen molar-refractivity contribution in [1.29, 1.82) is 0 Å². The van der Waals surface area contributed by atoms with Crippen LogP contribution < -0.4 is 0 Å². The summed E-state index contributed by atoms with van der Waals surface area (Å²) in [6.07, 6.45) is 50.4. The van der Waals surface area contributed by atoms with Gasteiger partial charge < -0.3 is 23.8 Å². The molecule has 0 amide bonds. The molecule has 0 radical (unpaired) electrons. The van der Waals surface area contributed by atoms with E-state index in [1.165, 1.54) is 128 Å². The fourth-order valence-corrected chi connectivity index (χ4v) is 7.45. The zero-order valence-corrected chi connectivity index (χ0v) is 39.9. The highest BCUT2D eigenvalue weighted by Crippen LogP contribution is 2.16. The molecule has 0 aliphatic carbocycles. The first-order valence-electron chi connectivity index (χ1n) is 25.1. The van der Waals surface area contributed by atoms with E-state index < -0.39 is 18.1 Å². The summed E-state index contributed by atoms with van der Waals surface area (Å²) in [6, 6.07) is -0.618. The van der Waals surface area contributed by atoms with Gasteiger partial charge in [-0.2, -0.15) is 0 Å². The Kier molecular flexibility index (Phi) is 41.4. The maximum atomic E-state index is 12.8. The molecule has 1 N–H and O–H groups in total. The van der Waals surface area contributed by atoms with E-state index in [1.54, 1.807) is 0 Å². The van der Waals surface area contributed by atoms with E-state index in [0.29, 0.717) is 19.3 Å². The SMILES string of the molecule is CCCCCCC/C=C/C=C/C=C/CCCCCCCC(=O)OC(COCCC(C(=O)O)[N+](C)(C)C)COC(=O)CCCCCCCCCCCCCCCCCCCC. The molecule has 350 valence electrons. The molecule has 8 nitrogen and oxygen atoms in total. The van der Waals surface area contributed by atoms with Gasteiger partial charge in [-0.25, -0.2) is 4.79 Å². The molecule has 8 heteroatoms. The van der Waals surface area contributed by atoms with E-state index >= 15 is 0 Å². The maximum absolute atomic E-state index is 12.8. The first-order chi connectivity index (χ1) is 29.1. The summed E-state index contributed by atoms with van der Waals surface area (Å²) in [4.78, 5) is 37.1. The number of carbonyl (C=O) groups excluding carboxylic acids is 2. The second-order valence-electron chi connectivity index (χ2n) is 18.1. The predicted molar refractivity (Wildman–Crippen MR) is 252 cm³/mol. The third-order valence-corrected chi connectivity index (χ3v) is 11.4. The average molecular weight is 847 g/mol. The number of hydrogen-bond donors (Lipinski definition) is 1. The lowest BCUT2D eigenvalue weighted by Gasteiger charge is -2.31. The zero-order valence-electron chi connectivity index (χ0n) is 39.9. The van der Waals surface area contributed by atoms with Crippen molar-refractivity contribution in [3.8, 4) is 0 Å². The molecule has 0 saturated heterocycles. The maximum Gasteiger partial charge on any atom is 0.362 e. The predicted octanol–water partition coefficient (Wildman–Crippen LogP) is 14.2. The monoisotopic (exact) mass is 847 g/mol. The average Bonchev–Trinajstić information content (AvgIpc) is 3.21. The summed E-state index contributed by atoms with van der Waals surface area (Å²) in [5, 5.41) is 9.64. The number of aliphatic carboxylic acids is 1. The van der Waals surface area contributed by atoms with E-state index in [1.807, 2.05) is 21.1 Å². The van der Waals surface area contributed by atoms with Crippen LogP contribution in [0.4, 0.5) is 0 Å². The number of nitrogens with zero attached hydrogens (tertiary/aromatic N) is 1. The van der Waals surface area contributed by atoms with Crippen molar-refractivity contribution in [2.24, 2.45) is 0 Å². The molecule has 0 aliphatic rings. The van der Waals surface area contributed by atoms with Crippen LogP contribution in [-0.4, -0.2) is 80.6 Å². The van der Waals surface area contributed by atoms with Gasteiger partial charge in [-0.15, -0.1) is 0 Å². The molecule has 0 aromatic rings. The number of rotatable bonds is 45. The fraction of sp³-hybridized carbons (Fsp3) is 0.827. The Morgan fingerprint density at radius 2 is 0.883 bits per heavy atom. The van der Waals surface area contributed by atoms with Crippen LogP contribution in [0.15, 0.2) is 36.5 Å². The Balaban J connectivity index is 4.29. The number of esters is 2. The molecule has 2 unspecified atom stereocenters. The van der Waals surface area contributed by atoms with Gasteiger partial charge in [-0.1, -0.05) is 204 Å². The number of quaternary nitrogens is 1. The third kappa shape index (κ3) is 40.9. The first kappa shape index (κ1) is 57.5. The molecule has 0 bridgehead atoms. The van der Waals surface area contributed by atoms with Gasteiger partial charge in [-0.3, -0.25) is 9.59 Å². The summed E-state index contributed by atoms with van der Waals surface area (Å²) in [5.41, 5.74) is 0. The van der Waals surface area contributed by atoms with E-state index in [2.05, 4.69) is 50.3 Å². The van der Waals surface area contributed by atoms with Crippen LogP contribution in [0, 0.1) is 0 Å². The van der Waals surface area contributed by atoms with Crippen molar-refractivity contribution in [2.75, 3.05) is 41.0 Å². The molecule has 0 spiro atoms. The van der Waals surface area contributed by atoms with Crippen molar-refractivity contribution in [2.45, 2.75) is 238 Å². The van der Waals surface area contributed by atoms with Crippen LogP contribution in [-0.2, 0) is 28.6 Å². The Bertz CT molecular complexity index is 1080. The van der Waals surface area contributed by atoms with Gasteiger partial charge >= 0.3 is 17.9 Å². The van der Waals surface area contributed by atoms with E-state index in [9.17, 15) is 19.5 Å². The lowest BCUT2D eigenvalue weighted by Crippen LogP contribution is -2.50. The molecule has 0 fully saturated rings. The fourth-order valence-electron chi connectivity index (χ4n) is 7.45. The normalized spacial score (nSPS) is 13.2. The van der Waals surface area contributed by atoms with Gasteiger partial charge in [0.1, 0.15) is 6.61 Å². The van der Waals surface area contributed by atoms with Crippen LogP contribution >= 0.6 is 0 Å². The standard InChI is InChI=1S/C52H95NO7/c1-6-8-10-12-14-16-18-20-22-24-26-28-30-32-34-36-38-40-42-50(54)59-47-48(46-58-45-44-49(52(56)57)53(3,4)5)60-51(55)43-41-39-37-35-33-31-29-27-25-23-21-19-17-15-13-11-9-7-2/h19,21,23,25,27,29,48-49H,6-18,20,22,24,26,28,30-47H2,1-5H3/p+1/b21-19+,25-23+,29-27+. The van der Waals surface area contributed by atoms with Crippen molar-refractivity contribution in [3.05, 3.63) is 36.5 Å². The van der Waals surface area contributed by atoms with E-state index in [4.69, 9.17) is 14.2 Å². The number of unbranched alkanes of at least 4 members (excludes halogenated alkanes) is 27. The van der Waals surface area contributed by atoms with Crippen molar-refractivity contribution in [3.63, 3.8) is 0 Å². The molecular weight excluding hydrogens is 751 g/mol. The van der Waals surface area contributed by atoms with Crippen LogP contribution in [0.5, 0.6) is 0 Å². The number of hydrogen-bond acceptors (Lipinski definition) is 6. The minimum absolute atomic E-state index is 0.0554. The molecule has 0 rings (SSSR count). The first-order valence-corrected chi connectivity index (χ1v) is 25.1.